The van der Waals surface area contributed by atoms with Gasteiger partial charge in [-0.1, -0.05) is 48.2 Å². The number of H-pyrrole nitrogens is 1. The maximum atomic E-state index is 12.6. The molecule has 0 aliphatic carbocycles. The van der Waals surface area contributed by atoms with Crippen molar-refractivity contribution in [3.05, 3.63) is 82.6 Å². The monoisotopic (exact) mass is 464 g/mol. The van der Waals surface area contributed by atoms with Gasteiger partial charge in [-0.2, -0.15) is 0 Å². The molecule has 2 aromatic carbocycles. The van der Waals surface area contributed by atoms with E-state index >= 15 is 0 Å². The summed E-state index contributed by atoms with van der Waals surface area (Å²) < 4.78 is 5.21. The highest BCUT2D eigenvalue weighted by Crippen LogP contribution is 2.38. The van der Waals surface area contributed by atoms with Gasteiger partial charge in [-0.05, 0) is 47.7 Å². The summed E-state index contributed by atoms with van der Waals surface area (Å²) in [5.41, 5.74) is 2.14. The third-order valence-corrected chi connectivity index (χ3v) is 7.12. The number of thioether (sulfide) groups is 1. The van der Waals surface area contributed by atoms with Crippen LogP contribution in [0.1, 0.15) is 22.1 Å². The quantitative estimate of drug-likeness (QED) is 0.318. The Bertz CT molecular complexity index is 1110. The fourth-order valence-corrected chi connectivity index (χ4v) is 5.15. The predicted octanol–water partition coefficient (Wildman–Crippen LogP) is 5.12. The molecular formula is C24H24N4O2S2. The first kappa shape index (κ1) is 22.1. The number of ether oxygens (including phenoxy) is 1. The van der Waals surface area contributed by atoms with Crippen LogP contribution in [0, 0.1) is 0 Å². The van der Waals surface area contributed by atoms with Crippen LogP contribution in [-0.2, 0) is 11.2 Å². The maximum Gasteiger partial charge on any atom is 0.221 e. The second-order valence-corrected chi connectivity index (χ2v) is 9.26. The molecule has 0 saturated heterocycles. The molecule has 0 fully saturated rings. The summed E-state index contributed by atoms with van der Waals surface area (Å²) in [6.07, 6.45) is 1.18. The average molecular weight is 465 g/mol. The number of aromatic nitrogens is 3. The number of benzene rings is 2. The van der Waals surface area contributed by atoms with Crippen molar-refractivity contribution < 1.29 is 9.53 Å². The maximum absolute atomic E-state index is 12.6. The summed E-state index contributed by atoms with van der Waals surface area (Å²) in [5.74, 6) is 1.50. The van der Waals surface area contributed by atoms with Crippen LogP contribution in [0.25, 0.3) is 11.4 Å². The topological polar surface area (TPSA) is 79.9 Å². The lowest BCUT2D eigenvalue weighted by molar-refractivity contribution is -0.121. The molecule has 1 atom stereocenters. The number of rotatable bonds is 10. The van der Waals surface area contributed by atoms with Gasteiger partial charge in [0.05, 0.1) is 12.4 Å². The zero-order valence-electron chi connectivity index (χ0n) is 17.7. The molecule has 8 heteroatoms. The molecule has 1 unspecified atom stereocenters. The van der Waals surface area contributed by atoms with Gasteiger partial charge in [0.15, 0.2) is 5.82 Å². The van der Waals surface area contributed by atoms with Crippen molar-refractivity contribution in [2.24, 2.45) is 0 Å². The van der Waals surface area contributed by atoms with E-state index in [-0.39, 0.29) is 11.2 Å². The van der Waals surface area contributed by atoms with Crippen molar-refractivity contribution in [1.82, 2.24) is 20.5 Å². The lowest BCUT2D eigenvalue weighted by Crippen LogP contribution is -2.26. The van der Waals surface area contributed by atoms with Gasteiger partial charge in [-0.15, -0.1) is 16.4 Å². The van der Waals surface area contributed by atoms with Crippen molar-refractivity contribution in [2.75, 3.05) is 13.7 Å². The molecule has 2 heterocycles. The molecule has 4 rings (SSSR count). The highest BCUT2D eigenvalue weighted by molar-refractivity contribution is 7.99. The molecule has 0 aliphatic heterocycles. The van der Waals surface area contributed by atoms with Crippen LogP contribution in [0.4, 0.5) is 0 Å². The number of nitrogens with one attached hydrogen (secondary N) is 2. The molecular weight excluding hydrogens is 440 g/mol. The van der Waals surface area contributed by atoms with E-state index in [4.69, 9.17) is 4.74 Å². The zero-order valence-corrected chi connectivity index (χ0v) is 19.3. The molecule has 6 nitrogen and oxygen atoms in total. The van der Waals surface area contributed by atoms with Crippen LogP contribution in [-0.4, -0.2) is 34.7 Å². The average Bonchev–Trinajstić information content (AvgIpc) is 3.52. The molecule has 32 heavy (non-hydrogen) atoms. The molecule has 2 aromatic heterocycles. The Morgan fingerprint density at radius 3 is 2.66 bits per heavy atom. The molecule has 2 N–H and O–H groups in total. The number of nitrogens with zero attached hydrogens (tertiary/aromatic N) is 2. The smallest absolute Gasteiger partial charge is 0.221 e. The number of amides is 1. The number of hydrogen-bond acceptors (Lipinski definition) is 6. The number of aromatic amines is 1. The first-order chi connectivity index (χ1) is 15.7. The van der Waals surface area contributed by atoms with Crippen molar-refractivity contribution in [3.8, 4) is 17.1 Å². The van der Waals surface area contributed by atoms with E-state index in [1.807, 2.05) is 53.9 Å². The third-order valence-electron chi connectivity index (χ3n) is 4.89. The molecule has 0 spiro atoms. The molecule has 0 aliphatic rings. The zero-order chi connectivity index (χ0) is 22.2. The highest BCUT2D eigenvalue weighted by Gasteiger charge is 2.21. The Morgan fingerprint density at radius 1 is 1.12 bits per heavy atom. The predicted molar refractivity (Wildman–Crippen MR) is 129 cm³/mol. The van der Waals surface area contributed by atoms with Crippen LogP contribution in [0.3, 0.4) is 0 Å². The van der Waals surface area contributed by atoms with E-state index in [9.17, 15) is 4.79 Å². The second-order valence-electron chi connectivity index (χ2n) is 7.11. The van der Waals surface area contributed by atoms with E-state index in [1.54, 1.807) is 18.4 Å². The highest BCUT2D eigenvalue weighted by atomic mass is 32.2. The van der Waals surface area contributed by atoms with Gasteiger partial charge in [-0.25, -0.2) is 4.98 Å². The number of thiophene rings is 1. The largest absolute Gasteiger partial charge is 0.497 e. The molecule has 1 amide bonds. The van der Waals surface area contributed by atoms with E-state index in [0.717, 1.165) is 22.6 Å². The number of methoxy groups -OCH3 is 1. The third kappa shape index (κ3) is 5.99. The number of hydrogen-bond donors (Lipinski definition) is 2. The second kappa shape index (κ2) is 11.0. The molecule has 164 valence electrons. The Hall–Kier alpha value is -3.10. The summed E-state index contributed by atoms with van der Waals surface area (Å²) in [7, 11) is 1.64. The van der Waals surface area contributed by atoms with Crippen molar-refractivity contribution in [3.63, 3.8) is 0 Å². The first-order valence-electron chi connectivity index (χ1n) is 10.3. The normalized spacial score (nSPS) is 11.8. The summed E-state index contributed by atoms with van der Waals surface area (Å²) >= 11 is 3.14. The van der Waals surface area contributed by atoms with Crippen LogP contribution in [0.5, 0.6) is 5.75 Å². The van der Waals surface area contributed by atoms with E-state index in [2.05, 4.69) is 38.7 Å². The Morgan fingerprint density at radius 2 is 1.94 bits per heavy atom. The van der Waals surface area contributed by atoms with E-state index in [0.29, 0.717) is 23.9 Å². The fourth-order valence-electron chi connectivity index (χ4n) is 3.21. The lowest BCUT2D eigenvalue weighted by atomic mass is 10.1. The van der Waals surface area contributed by atoms with Gasteiger partial charge in [0.25, 0.3) is 0 Å². The summed E-state index contributed by atoms with van der Waals surface area (Å²) in [6, 6.07) is 21.9. The number of carbonyl (C=O) groups is 1. The minimum Gasteiger partial charge on any atom is -0.497 e. The molecule has 0 bridgehead atoms. The Kier molecular flexibility index (Phi) is 7.58. The van der Waals surface area contributed by atoms with Gasteiger partial charge in [0, 0.05) is 23.4 Å². The van der Waals surface area contributed by atoms with E-state index in [1.165, 1.54) is 17.3 Å². The minimum absolute atomic E-state index is 0.0257. The molecule has 0 saturated carbocycles. The van der Waals surface area contributed by atoms with Crippen LogP contribution >= 0.6 is 23.1 Å². The van der Waals surface area contributed by atoms with Crippen LogP contribution < -0.4 is 10.1 Å². The summed E-state index contributed by atoms with van der Waals surface area (Å²) in [5, 5.41) is 13.0. The fraction of sp³-hybridized carbons (Fsp3) is 0.208. The van der Waals surface area contributed by atoms with E-state index < -0.39 is 0 Å². The van der Waals surface area contributed by atoms with Gasteiger partial charge in [0.1, 0.15) is 5.75 Å². The SMILES string of the molecule is COc1ccc(-c2nc(SC(CC(=O)NCCc3ccccc3)c3cccs3)n[nH]2)cc1. The lowest BCUT2D eigenvalue weighted by Gasteiger charge is -2.13. The minimum atomic E-state index is -0.0498. The van der Waals surface area contributed by atoms with Gasteiger partial charge >= 0.3 is 0 Å². The Labute approximate surface area is 195 Å². The standard InChI is InChI=1S/C24H24N4O2S2/c1-30-19-11-9-18(10-12-19)23-26-24(28-27-23)32-21(20-8-5-15-31-20)16-22(29)25-14-13-17-6-3-2-4-7-17/h2-12,15,21H,13-14,16H2,1H3,(H,25,29)(H,26,27,28). The van der Waals surface area contributed by atoms with Gasteiger partial charge in [-0.3, -0.25) is 9.89 Å². The summed E-state index contributed by atoms with van der Waals surface area (Å²) in [6.45, 7) is 0.618. The Balaban J connectivity index is 1.38. The first-order valence-corrected chi connectivity index (χ1v) is 12.0. The number of carbonyl (C=O) groups excluding carboxylic acids is 1. The van der Waals surface area contributed by atoms with Crippen LogP contribution in [0.2, 0.25) is 0 Å². The van der Waals surface area contributed by atoms with Crippen molar-refractivity contribution >= 4 is 29.0 Å². The summed E-state index contributed by atoms with van der Waals surface area (Å²) in [4.78, 5) is 18.4. The van der Waals surface area contributed by atoms with Crippen molar-refractivity contribution in [2.45, 2.75) is 23.2 Å². The van der Waals surface area contributed by atoms with Crippen molar-refractivity contribution in [1.29, 1.82) is 0 Å². The van der Waals surface area contributed by atoms with Crippen LogP contribution in [0.15, 0.2) is 77.3 Å². The van der Waals surface area contributed by atoms with Gasteiger partial charge < -0.3 is 10.1 Å². The molecule has 4 aromatic rings. The molecule has 0 radical (unpaired) electrons. The van der Waals surface area contributed by atoms with Gasteiger partial charge in [0.2, 0.25) is 11.1 Å².